The van der Waals surface area contributed by atoms with Gasteiger partial charge in [-0.15, -0.1) is 0 Å². The number of aliphatic carboxylic acids is 1. The van der Waals surface area contributed by atoms with Crippen LogP contribution in [0, 0.1) is 0 Å². The van der Waals surface area contributed by atoms with Gasteiger partial charge >= 0.3 is 12.1 Å². The minimum atomic E-state index is -1.12. The molecule has 538 valence electrons. The van der Waals surface area contributed by atoms with Crippen molar-refractivity contribution in [2.24, 2.45) is 0 Å². The SMILES string of the molecule is O=C(O)C[C@H](CC[C@H]1O[C@H](COCc2ccccc2)[C@@H](OCc2ccccc2)[C@H](OCc2ccccc2)[C@H]1OCc1ccccc1)NC(=O)C[C@H](CC[C@H]1O[C@H](COCc2ccccc2)[C@@H](OCc2ccccc2)[C@H](OCc2ccccc2)[C@H]1OCc1ccccc1)NC(=O)OCc1ccccc1. The first-order valence-corrected chi connectivity index (χ1v) is 35.7. The second-order valence-electron chi connectivity index (χ2n) is 26.1. The van der Waals surface area contributed by atoms with Gasteiger partial charge in [-0.3, -0.25) is 9.59 Å². The maximum atomic E-state index is 15.0. The Bertz CT molecular complexity index is 3840. The van der Waals surface area contributed by atoms with E-state index in [0.29, 0.717) is 13.2 Å². The molecule has 12 atom stereocenters. The monoisotopic (exact) mass is 1390 g/mol. The number of hydrogen-bond acceptors (Lipinski definition) is 14. The van der Waals surface area contributed by atoms with E-state index in [-0.39, 0.29) is 91.6 Å². The third-order valence-corrected chi connectivity index (χ3v) is 18.3. The summed E-state index contributed by atoms with van der Waals surface area (Å²) in [5.74, 6) is -1.62. The predicted molar refractivity (Wildman–Crippen MR) is 390 cm³/mol. The van der Waals surface area contributed by atoms with Crippen LogP contribution in [0.4, 0.5) is 4.79 Å². The second-order valence-corrected chi connectivity index (χ2v) is 26.1. The molecule has 2 amide bonds. The lowest BCUT2D eigenvalue weighted by molar-refractivity contribution is -0.273. The van der Waals surface area contributed by atoms with Crippen molar-refractivity contribution in [1.82, 2.24) is 10.6 Å². The number of alkyl carbamates (subject to hydrolysis) is 1. The molecule has 0 spiro atoms. The fraction of sp³-hybridized carbons (Fsp3) is 0.337. The summed E-state index contributed by atoms with van der Waals surface area (Å²) in [6.45, 7) is 2.19. The molecule has 0 aliphatic carbocycles. The lowest BCUT2D eigenvalue weighted by Crippen LogP contribution is -2.61. The van der Waals surface area contributed by atoms with Gasteiger partial charge in [-0.1, -0.05) is 273 Å². The molecule has 11 rings (SSSR count). The molecule has 0 bridgehead atoms. The Labute approximate surface area is 604 Å². The van der Waals surface area contributed by atoms with Gasteiger partial charge in [0.05, 0.1) is 84.7 Å². The highest BCUT2D eigenvalue weighted by Gasteiger charge is 2.50. The van der Waals surface area contributed by atoms with E-state index < -0.39 is 97.5 Å². The zero-order valence-corrected chi connectivity index (χ0v) is 58.1. The maximum Gasteiger partial charge on any atom is 0.407 e. The van der Waals surface area contributed by atoms with Crippen molar-refractivity contribution in [3.8, 4) is 0 Å². The Hall–Kier alpha value is -9.21. The van der Waals surface area contributed by atoms with Crippen LogP contribution in [0.1, 0.15) is 88.6 Å². The summed E-state index contributed by atoms with van der Waals surface area (Å²) in [6, 6.07) is 86.7. The minimum Gasteiger partial charge on any atom is -0.481 e. The number of carbonyl (C=O) groups is 3. The number of benzene rings is 9. The highest BCUT2D eigenvalue weighted by molar-refractivity contribution is 5.79. The average molecular weight is 1400 g/mol. The third kappa shape index (κ3) is 24.8. The molecule has 0 unspecified atom stereocenters. The van der Waals surface area contributed by atoms with Crippen LogP contribution in [0.2, 0.25) is 0 Å². The van der Waals surface area contributed by atoms with E-state index in [1.165, 1.54) is 0 Å². The first-order chi connectivity index (χ1) is 50.7. The number of amides is 2. The van der Waals surface area contributed by atoms with Crippen LogP contribution >= 0.6 is 0 Å². The predicted octanol–water partition coefficient (Wildman–Crippen LogP) is 14.7. The fourth-order valence-corrected chi connectivity index (χ4v) is 13.1. The molecule has 2 heterocycles. The first-order valence-electron chi connectivity index (χ1n) is 35.7. The van der Waals surface area contributed by atoms with Crippen molar-refractivity contribution in [3.63, 3.8) is 0 Å². The van der Waals surface area contributed by atoms with Crippen molar-refractivity contribution in [2.75, 3.05) is 13.2 Å². The molecule has 0 saturated carbocycles. The van der Waals surface area contributed by atoms with Gasteiger partial charge in [-0.2, -0.15) is 0 Å². The number of ether oxygens (including phenoxy) is 11. The Morgan fingerprint density at radius 1 is 0.311 bits per heavy atom. The average Bonchev–Trinajstić information content (AvgIpc) is 0.793. The minimum absolute atomic E-state index is 0.0275. The first kappa shape index (κ1) is 75.0. The zero-order chi connectivity index (χ0) is 70.9. The molecule has 9 aromatic rings. The molecule has 2 aliphatic heterocycles. The van der Waals surface area contributed by atoms with Gasteiger partial charge in [0.1, 0.15) is 55.4 Å². The van der Waals surface area contributed by atoms with Crippen LogP contribution in [0.25, 0.3) is 0 Å². The van der Waals surface area contributed by atoms with E-state index in [1.807, 2.05) is 273 Å². The van der Waals surface area contributed by atoms with Crippen LogP contribution in [-0.2, 0) is 121 Å². The summed E-state index contributed by atoms with van der Waals surface area (Å²) in [7, 11) is 0. The Kier molecular flexibility index (Phi) is 30.0. The zero-order valence-electron chi connectivity index (χ0n) is 58.1. The Morgan fingerprint density at radius 3 is 0.854 bits per heavy atom. The third-order valence-electron chi connectivity index (χ3n) is 18.3. The lowest BCUT2D eigenvalue weighted by atomic mass is 9.90. The standard InChI is InChI=1S/C86H94N2O15/c89-78(87-73(51-79(90)91)47-49-75-81(96-55-66-34-16-4-17-35-66)85(100-59-70-42-24-8-25-43-70)83(98-57-68-38-20-6-21-39-68)77(103-75)62-94-53-64-30-12-2-13-31-64)50-72(88-86(92)101-60-71-44-26-9-27-45-71)46-48-74-80(95-54-65-32-14-3-15-33-65)84(99-58-69-40-22-7-23-41-69)82(97-56-67-36-18-5-19-37-67)76(102-74)61-93-52-63-28-10-1-11-29-63/h1-45,72-77,80-85H,46-62H2,(H,87,89)(H,88,92)(H,90,91)/t72-,73-,74+,75+,76+,77+,80-,81-,82+,83+,84+,85+/m0/s1. The van der Waals surface area contributed by atoms with Crippen molar-refractivity contribution in [2.45, 2.75) is 171 Å². The largest absolute Gasteiger partial charge is 0.481 e. The van der Waals surface area contributed by atoms with Gasteiger partial charge in [0.15, 0.2) is 0 Å². The van der Waals surface area contributed by atoms with Crippen molar-refractivity contribution in [1.29, 1.82) is 0 Å². The van der Waals surface area contributed by atoms with Gasteiger partial charge in [0, 0.05) is 18.5 Å². The van der Waals surface area contributed by atoms with Crippen molar-refractivity contribution < 1.29 is 71.6 Å². The highest BCUT2D eigenvalue weighted by atomic mass is 16.6. The van der Waals surface area contributed by atoms with Crippen LogP contribution < -0.4 is 10.6 Å². The molecule has 2 fully saturated rings. The molecule has 9 aromatic carbocycles. The summed E-state index contributed by atoms with van der Waals surface area (Å²) >= 11 is 0. The molecule has 0 aromatic heterocycles. The topological polar surface area (TPSA) is 197 Å². The summed E-state index contributed by atoms with van der Waals surface area (Å²) in [4.78, 5) is 42.2. The quantitative estimate of drug-likeness (QED) is 0.0328. The van der Waals surface area contributed by atoms with Crippen LogP contribution in [-0.4, -0.2) is 109 Å². The van der Waals surface area contributed by atoms with Gasteiger partial charge in [0.2, 0.25) is 5.91 Å². The number of carboxylic acids is 1. The van der Waals surface area contributed by atoms with E-state index in [2.05, 4.69) is 10.6 Å². The number of carbonyl (C=O) groups excluding carboxylic acids is 2. The fourth-order valence-electron chi connectivity index (χ4n) is 13.1. The van der Waals surface area contributed by atoms with Gasteiger partial charge in [-0.05, 0) is 75.8 Å². The molecule has 17 heteroatoms. The number of carboxylic acid groups (broad SMARTS) is 1. The summed E-state index contributed by atoms with van der Waals surface area (Å²) < 4.78 is 75.3. The molecule has 17 nitrogen and oxygen atoms in total. The molecular weight excluding hydrogens is 1300 g/mol. The molecule has 3 N–H and O–H groups in total. The smallest absolute Gasteiger partial charge is 0.407 e. The van der Waals surface area contributed by atoms with E-state index in [1.54, 1.807) is 0 Å². The van der Waals surface area contributed by atoms with E-state index in [9.17, 15) is 14.7 Å². The number of nitrogens with one attached hydrogen (secondary N) is 2. The van der Waals surface area contributed by atoms with E-state index >= 15 is 4.79 Å². The van der Waals surface area contributed by atoms with Crippen LogP contribution in [0.15, 0.2) is 273 Å². The molecular formula is C86H94N2O15. The van der Waals surface area contributed by atoms with Crippen LogP contribution in [0.3, 0.4) is 0 Å². The maximum absolute atomic E-state index is 15.0. The van der Waals surface area contributed by atoms with Crippen molar-refractivity contribution in [3.05, 3.63) is 323 Å². The number of hydrogen-bond donors (Lipinski definition) is 3. The van der Waals surface area contributed by atoms with Crippen molar-refractivity contribution >= 4 is 18.0 Å². The van der Waals surface area contributed by atoms with Crippen LogP contribution in [0.5, 0.6) is 0 Å². The molecule has 0 radical (unpaired) electrons. The molecule has 2 saturated heterocycles. The van der Waals surface area contributed by atoms with E-state index in [4.69, 9.17) is 52.1 Å². The van der Waals surface area contributed by atoms with Gasteiger partial charge < -0.3 is 67.8 Å². The highest BCUT2D eigenvalue weighted by Crippen LogP contribution is 2.36. The van der Waals surface area contributed by atoms with Gasteiger partial charge in [0.25, 0.3) is 0 Å². The number of rotatable bonds is 40. The summed E-state index contributed by atoms with van der Waals surface area (Å²) in [5, 5.41) is 16.8. The van der Waals surface area contributed by atoms with Gasteiger partial charge in [-0.25, -0.2) is 4.79 Å². The molecule has 2 aliphatic rings. The molecule has 103 heavy (non-hydrogen) atoms. The lowest BCUT2D eigenvalue weighted by Gasteiger charge is -2.46. The summed E-state index contributed by atoms with van der Waals surface area (Å²) in [6.07, 6.45) is -7.89. The second kappa shape index (κ2) is 41.2. The Balaban J connectivity index is 0.871. The normalized spacial score (nSPS) is 20.8. The summed E-state index contributed by atoms with van der Waals surface area (Å²) in [5.41, 5.74) is 8.39. The Morgan fingerprint density at radius 2 is 0.563 bits per heavy atom. The van der Waals surface area contributed by atoms with E-state index in [0.717, 1.165) is 50.1 Å².